The van der Waals surface area contributed by atoms with Crippen LogP contribution in [0.1, 0.15) is 49.9 Å². The Bertz CT molecular complexity index is 611. The summed E-state index contributed by atoms with van der Waals surface area (Å²) in [4.78, 5) is 0.00358. The van der Waals surface area contributed by atoms with Gasteiger partial charge in [-0.2, -0.15) is 8.42 Å². The Balaban J connectivity index is 4.03. The Morgan fingerprint density at radius 1 is 1.16 bits per heavy atom. The fourth-order valence-corrected chi connectivity index (χ4v) is 4.53. The molecule has 0 atom stereocenters. The Kier molecular flexibility index (Phi) is 4.35. The summed E-state index contributed by atoms with van der Waals surface area (Å²) in [5.41, 5.74) is 3.26. The van der Waals surface area contributed by atoms with E-state index in [2.05, 4.69) is 10.2 Å². The fourth-order valence-electron chi connectivity index (χ4n) is 2.74. The molecule has 5 heteroatoms. The highest BCUT2D eigenvalue weighted by atomic mass is 32.2. The molecule has 0 saturated heterocycles. The van der Waals surface area contributed by atoms with Gasteiger partial charge in [0.05, 0.1) is 15.1 Å². The number of rotatable bonds is 2. The van der Waals surface area contributed by atoms with Crippen LogP contribution >= 0.6 is 0 Å². The van der Waals surface area contributed by atoms with Crippen LogP contribution < -0.4 is 5.19 Å². The average molecular weight is 297 g/mol. The summed E-state index contributed by atoms with van der Waals surface area (Å²) in [6.45, 7) is 11.7. The first kappa shape index (κ1) is 16.4. The van der Waals surface area contributed by atoms with Crippen LogP contribution in [0.5, 0.6) is 0 Å². The predicted octanol–water partition coefficient (Wildman–Crippen LogP) is 2.20. The van der Waals surface area contributed by atoms with Gasteiger partial charge in [-0.3, -0.25) is 4.55 Å². The summed E-state index contributed by atoms with van der Waals surface area (Å²) in [5.74, 6) is 0. The van der Waals surface area contributed by atoms with E-state index in [0.29, 0.717) is 10.8 Å². The quantitative estimate of drug-likeness (QED) is 0.672. The first-order valence-corrected chi connectivity index (χ1v) is 8.22. The molecule has 1 rings (SSSR count). The van der Waals surface area contributed by atoms with Crippen molar-refractivity contribution < 1.29 is 13.0 Å². The second-order valence-electron chi connectivity index (χ2n) is 5.89. The zero-order chi connectivity index (χ0) is 15.2. The lowest BCUT2D eigenvalue weighted by molar-refractivity contribution is 0.476. The Hall–Kier alpha value is -0.653. The minimum absolute atomic E-state index is 0.00358. The van der Waals surface area contributed by atoms with Crippen LogP contribution in [0, 0.1) is 13.8 Å². The van der Waals surface area contributed by atoms with Crippen molar-refractivity contribution in [2.45, 2.75) is 58.3 Å². The minimum Gasteiger partial charge on any atom is -0.282 e. The molecule has 0 heterocycles. The lowest BCUT2D eigenvalue weighted by atomic mass is 9.81. The van der Waals surface area contributed by atoms with E-state index in [-0.39, 0.29) is 10.3 Å². The van der Waals surface area contributed by atoms with Crippen LogP contribution in [0.15, 0.2) is 4.90 Å². The van der Waals surface area contributed by atoms with Gasteiger partial charge in [-0.05, 0) is 53.1 Å². The molecule has 3 nitrogen and oxygen atoms in total. The summed E-state index contributed by atoms with van der Waals surface area (Å²) in [6, 6.07) is 0. The first-order chi connectivity index (χ1) is 8.42. The average Bonchev–Trinajstić information content (AvgIpc) is 2.20. The van der Waals surface area contributed by atoms with Gasteiger partial charge in [0.25, 0.3) is 10.1 Å². The van der Waals surface area contributed by atoms with Crippen molar-refractivity contribution in [2.75, 3.05) is 0 Å². The van der Waals surface area contributed by atoms with Crippen LogP contribution in [0.2, 0.25) is 0 Å². The van der Waals surface area contributed by atoms with Crippen LogP contribution in [0.3, 0.4) is 0 Å². The third-order valence-electron chi connectivity index (χ3n) is 3.47. The lowest BCUT2D eigenvalue weighted by Gasteiger charge is -2.28. The molecule has 0 aromatic heterocycles. The SMILES string of the molecule is CCc1c(C)c([Si])c(S(=O)(=O)O)c(C(C)(C)C)c1C. The molecule has 105 valence electrons. The zero-order valence-electron chi connectivity index (χ0n) is 12.4. The smallest absolute Gasteiger partial charge is 0.282 e. The highest BCUT2D eigenvalue weighted by Crippen LogP contribution is 2.34. The van der Waals surface area contributed by atoms with Crippen LogP contribution in [-0.2, 0) is 22.0 Å². The second kappa shape index (κ2) is 5.03. The van der Waals surface area contributed by atoms with E-state index in [0.717, 1.165) is 23.1 Å². The van der Waals surface area contributed by atoms with Gasteiger partial charge in [0, 0.05) is 0 Å². The number of benzene rings is 1. The molecule has 0 fully saturated rings. The summed E-state index contributed by atoms with van der Waals surface area (Å²) in [6.07, 6.45) is 0.823. The molecule has 3 radical (unpaired) electrons. The van der Waals surface area contributed by atoms with Crippen molar-refractivity contribution in [1.29, 1.82) is 0 Å². The molecule has 0 saturated carbocycles. The van der Waals surface area contributed by atoms with Crippen LogP contribution in [0.4, 0.5) is 0 Å². The van der Waals surface area contributed by atoms with E-state index in [1.54, 1.807) is 0 Å². The van der Waals surface area contributed by atoms with Crippen molar-refractivity contribution in [3.05, 3.63) is 22.3 Å². The van der Waals surface area contributed by atoms with Gasteiger partial charge in [-0.15, -0.1) is 0 Å². The second-order valence-corrected chi connectivity index (χ2v) is 7.74. The standard InChI is InChI=1S/C14H21O3SSi/c1-7-10-8(2)11(14(4,5)6)12(18(15,16)17)13(19)9(10)3/h7H2,1-6H3,(H,15,16,17). The molecular formula is C14H21O3SSi. The normalized spacial score (nSPS) is 12.8. The molecule has 1 N–H and O–H groups in total. The summed E-state index contributed by atoms with van der Waals surface area (Å²) >= 11 is 0. The van der Waals surface area contributed by atoms with E-state index in [1.165, 1.54) is 0 Å². The topological polar surface area (TPSA) is 54.4 Å². The largest absolute Gasteiger partial charge is 0.294 e. The summed E-state index contributed by atoms with van der Waals surface area (Å²) < 4.78 is 33.1. The molecule has 0 aliphatic rings. The number of hydrogen-bond donors (Lipinski definition) is 1. The maximum absolute atomic E-state index is 11.7. The minimum atomic E-state index is -4.27. The maximum atomic E-state index is 11.7. The number of hydrogen-bond acceptors (Lipinski definition) is 2. The summed E-state index contributed by atoms with van der Waals surface area (Å²) in [7, 11) is -0.862. The monoisotopic (exact) mass is 297 g/mol. The molecular weight excluding hydrogens is 276 g/mol. The van der Waals surface area contributed by atoms with Crippen molar-refractivity contribution in [2.24, 2.45) is 0 Å². The Morgan fingerprint density at radius 2 is 1.63 bits per heavy atom. The van der Waals surface area contributed by atoms with Gasteiger partial charge in [0.15, 0.2) is 0 Å². The van der Waals surface area contributed by atoms with Crippen molar-refractivity contribution in [3.8, 4) is 0 Å². The Morgan fingerprint density at radius 3 is 1.95 bits per heavy atom. The van der Waals surface area contributed by atoms with E-state index in [1.807, 2.05) is 41.5 Å². The van der Waals surface area contributed by atoms with E-state index in [4.69, 9.17) is 0 Å². The molecule has 19 heavy (non-hydrogen) atoms. The molecule has 1 aromatic carbocycles. The lowest BCUT2D eigenvalue weighted by Crippen LogP contribution is -2.29. The van der Waals surface area contributed by atoms with Gasteiger partial charge in [0.2, 0.25) is 0 Å². The van der Waals surface area contributed by atoms with Crippen molar-refractivity contribution >= 4 is 25.5 Å². The maximum Gasteiger partial charge on any atom is 0.294 e. The highest BCUT2D eigenvalue weighted by Gasteiger charge is 2.30. The molecule has 0 unspecified atom stereocenters. The zero-order valence-corrected chi connectivity index (χ0v) is 14.2. The Labute approximate surface area is 119 Å². The molecule has 0 bridgehead atoms. The van der Waals surface area contributed by atoms with Gasteiger partial charge in [-0.25, -0.2) is 0 Å². The third kappa shape index (κ3) is 2.93. The van der Waals surface area contributed by atoms with E-state index >= 15 is 0 Å². The predicted molar refractivity (Wildman–Crippen MR) is 79.2 cm³/mol. The van der Waals surface area contributed by atoms with Crippen molar-refractivity contribution in [1.82, 2.24) is 0 Å². The van der Waals surface area contributed by atoms with Gasteiger partial charge in [0.1, 0.15) is 0 Å². The molecule has 0 spiro atoms. The van der Waals surface area contributed by atoms with Gasteiger partial charge < -0.3 is 0 Å². The van der Waals surface area contributed by atoms with Crippen LogP contribution in [0.25, 0.3) is 0 Å². The molecule has 0 amide bonds. The van der Waals surface area contributed by atoms with Gasteiger partial charge in [-0.1, -0.05) is 27.7 Å². The summed E-state index contributed by atoms with van der Waals surface area (Å²) in [5, 5.41) is 0.467. The third-order valence-corrected chi connectivity index (χ3v) is 5.20. The highest BCUT2D eigenvalue weighted by molar-refractivity contribution is 7.86. The molecule has 0 aliphatic heterocycles. The molecule has 0 aliphatic carbocycles. The van der Waals surface area contributed by atoms with Crippen LogP contribution in [-0.4, -0.2) is 23.2 Å². The van der Waals surface area contributed by atoms with Crippen molar-refractivity contribution in [3.63, 3.8) is 0 Å². The van der Waals surface area contributed by atoms with Gasteiger partial charge >= 0.3 is 0 Å². The fraction of sp³-hybridized carbons (Fsp3) is 0.571. The van der Waals surface area contributed by atoms with E-state index < -0.39 is 10.1 Å². The first-order valence-electron chi connectivity index (χ1n) is 6.28. The van der Waals surface area contributed by atoms with E-state index in [9.17, 15) is 13.0 Å². The molecule has 1 aromatic rings.